The highest BCUT2D eigenvalue weighted by Crippen LogP contribution is 2.38. The summed E-state index contributed by atoms with van der Waals surface area (Å²) in [5.41, 5.74) is 6.82. The summed E-state index contributed by atoms with van der Waals surface area (Å²) >= 11 is 0. The summed E-state index contributed by atoms with van der Waals surface area (Å²) in [6.45, 7) is 6.93. The Morgan fingerprint density at radius 1 is 1.18 bits per heavy atom. The summed E-state index contributed by atoms with van der Waals surface area (Å²) in [6, 6.07) is 10.9. The molecule has 1 aliphatic heterocycles. The van der Waals surface area contributed by atoms with Crippen LogP contribution in [-0.4, -0.2) is 74.5 Å². The molecule has 5 rings (SSSR count). The molecule has 0 spiro atoms. The van der Waals surface area contributed by atoms with Gasteiger partial charge in [0.05, 0.1) is 12.2 Å². The van der Waals surface area contributed by atoms with Crippen molar-refractivity contribution in [1.29, 1.82) is 0 Å². The lowest BCUT2D eigenvalue weighted by molar-refractivity contribution is -0.130. The number of likely N-dealkylation sites (N-methyl/N-ethyl adjacent to an activating group) is 1. The number of nitrogens with one attached hydrogen (secondary N) is 1. The second-order valence-corrected chi connectivity index (χ2v) is 9.61. The van der Waals surface area contributed by atoms with Gasteiger partial charge in [0.15, 0.2) is 5.65 Å². The number of hydrogen-bond acceptors (Lipinski definition) is 5. The number of amides is 1. The number of H-pyrrole nitrogens is 1. The monoisotopic (exact) mass is 445 g/mol. The third kappa shape index (κ3) is 4.11. The van der Waals surface area contributed by atoms with E-state index in [0.717, 1.165) is 48.4 Å². The molecule has 0 radical (unpaired) electrons. The molecule has 1 N–H and O–H groups in total. The van der Waals surface area contributed by atoms with Gasteiger partial charge in [0.25, 0.3) is 0 Å². The average molecular weight is 446 g/mol. The molecule has 3 aromatic heterocycles. The van der Waals surface area contributed by atoms with Gasteiger partial charge in [0.1, 0.15) is 0 Å². The number of carbonyl (C=O) groups excluding carboxylic acids is 1. The van der Waals surface area contributed by atoms with Crippen LogP contribution in [0.2, 0.25) is 0 Å². The van der Waals surface area contributed by atoms with Gasteiger partial charge in [-0.15, -0.1) is 5.10 Å². The summed E-state index contributed by atoms with van der Waals surface area (Å²) < 4.78 is 1.71. The van der Waals surface area contributed by atoms with Crippen LogP contribution in [0.1, 0.15) is 49.7 Å². The molecule has 0 unspecified atom stereocenters. The van der Waals surface area contributed by atoms with E-state index < -0.39 is 0 Å². The van der Waals surface area contributed by atoms with Crippen LogP contribution in [0.3, 0.4) is 0 Å². The SMILES string of the molecule is CC(C)c1c(-c2ccc3nnnn3c2)[nH]c2ccc(C3CCN(CC(=O)N(C)C)CC3)cc12. The van der Waals surface area contributed by atoms with E-state index in [0.29, 0.717) is 18.4 Å². The number of carbonyl (C=O) groups is 1. The summed E-state index contributed by atoms with van der Waals surface area (Å²) in [4.78, 5) is 19.7. The molecule has 0 saturated carbocycles. The number of piperidine rings is 1. The first-order valence-electron chi connectivity index (χ1n) is 11.7. The fraction of sp³-hybridized carbons (Fsp3) is 0.440. The molecule has 172 valence electrons. The van der Waals surface area contributed by atoms with Gasteiger partial charge < -0.3 is 9.88 Å². The maximum atomic E-state index is 12.1. The largest absolute Gasteiger partial charge is 0.354 e. The second kappa shape index (κ2) is 8.59. The van der Waals surface area contributed by atoms with Crippen molar-refractivity contribution in [2.45, 2.75) is 38.5 Å². The third-order valence-electron chi connectivity index (χ3n) is 6.84. The Bertz CT molecular complexity index is 1290. The molecular weight excluding hydrogens is 414 g/mol. The molecule has 1 aliphatic rings. The van der Waals surface area contributed by atoms with Crippen LogP contribution in [0, 0.1) is 0 Å². The minimum atomic E-state index is 0.177. The standard InChI is InChI=1S/C25H31N7O/c1-16(2)24-20-13-18(17-9-11-31(12-10-17)15-23(33)30(3)4)5-7-21(20)26-25(24)19-6-8-22-27-28-29-32(22)14-19/h5-8,13-14,16-17,26H,9-12,15H2,1-4H3. The Balaban J connectivity index is 1.43. The van der Waals surface area contributed by atoms with Crippen LogP contribution < -0.4 is 0 Å². The first-order valence-corrected chi connectivity index (χ1v) is 11.7. The number of hydrogen-bond donors (Lipinski definition) is 1. The normalized spacial score (nSPS) is 15.7. The lowest BCUT2D eigenvalue weighted by Gasteiger charge is -2.32. The molecule has 8 nitrogen and oxygen atoms in total. The van der Waals surface area contributed by atoms with Gasteiger partial charge in [-0.3, -0.25) is 9.69 Å². The molecule has 4 aromatic rings. The number of aromatic nitrogens is 5. The fourth-order valence-electron chi connectivity index (χ4n) is 4.96. The summed E-state index contributed by atoms with van der Waals surface area (Å²) in [5.74, 6) is 1.07. The minimum Gasteiger partial charge on any atom is -0.354 e. The Morgan fingerprint density at radius 3 is 2.70 bits per heavy atom. The van der Waals surface area contributed by atoms with E-state index in [1.807, 2.05) is 26.4 Å². The van der Waals surface area contributed by atoms with Gasteiger partial charge in [0, 0.05) is 36.8 Å². The van der Waals surface area contributed by atoms with Crippen molar-refractivity contribution in [2.24, 2.45) is 0 Å². The molecular formula is C25H31N7O. The molecule has 4 heterocycles. The number of pyridine rings is 1. The van der Waals surface area contributed by atoms with E-state index in [9.17, 15) is 4.79 Å². The van der Waals surface area contributed by atoms with Crippen molar-refractivity contribution in [1.82, 2.24) is 34.8 Å². The van der Waals surface area contributed by atoms with Crippen LogP contribution in [0.5, 0.6) is 0 Å². The highest BCUT2D eigenvalue weighted by molar-refractivity contribution is 5.92. The quantitative estimate of drug-likeness (QED) is 0.507. The number of rotatable bonds is 5. The van der Waals surface area contributed by atoms with E-state index >= 15 is 0 Å². The van der Waals surface area contributed by atoms with Crippen molar-refractivity contribution in [3.8, 4) is 11.3 Å². The van der Waals surface area contributed by atoms with Crippen LogP contribution in [0.25, 0.3) is 27.8 Å². The number of aromatic amines is 1. The van der Waals surface area contributed by atoms with Crippen LogP contribution >= 0.6 is 0 Å². The molecule has 1 saturated heterocycles. The number of fused-ring (bicyclic) bond motifs is 2. The van der Waals surface area contributed by atoms with Crippen LogP contribution in [-0.2, 0) is 4.79 Å². The number of benzene rings is 1. The van der Waals surface area contributed by atoms with Gasteiger partial charge in [-0.1, -0.05) is 19.9 Å². The molecule has 8 heteroatoms. The fourth-order valence-corrected chi connectivity index (χ4v) is 4.96. The predicted molar refractivity (Wildman–Crippen MR) is 129 cm³/mol. The van der Waals surface area contributed by atoms with Gasteiger partial charge >= 0.3 is 0 Å². The van der Waals surface area contributed by atoms with E-state index in [4.69, 9.17) is 0 Å². The van der Waals surface area contributed by atoms with Crippen LogP contribution in [0.15, 0.2) is 36.5 Å². The van der Waals surface area contributed by atoms with Crippen LogP contribution in [0.4, 0.5) is 0 Å². The van der Waals surface area contributed by atoms with Gasteiger partial charge in [-0.05, 0) is 83.6 Å². The summed E-state index contributed by atoms with van der Waals surface area (Å²) in [7, 11) is 3.64. The first-order chi connectivity index (χ1) is 15.9. The van der Waals surface area contributed by atoms with Gasteiger partial charge in [-0.2, -0.15) is 0 Å². The minimum absolute atomic E-state index is 0.177. The Labute approximate surface area is 193 Å². The lowest BCUT2D eigenvalue weighted by atomic mass is 9.87. The Hall–Kier alpha value is -3.26. The first kappa shape index (κ1) is 21.6. The van der Waals surface area contributed by atoms with E-state index in [1.165, 1.54) is 16.5 Å². The van der Waals surface area contributed by atoms with Crippen molar-refractivity contribution in [3.63, 3.8) is 0 Å². The topological polar surface area (TPSA) is 82.4 Å². The van der Waals surface area contributed by atoms with Gasteiger partial charge in [-0.25, -0.2) is 4.52 Å². The average Bonchev–Trinajstić information content (AvgIpc) is 3.43. The van der Waals surface area contributed by atoms with Crippen molar-refractivity contribution >= 4 is 22.5 Å². The van der Waals surface area contributed by atoms with Gasteiger partial charge in [0.2, 0.25) is 5.91 Å². The molecule has 0 aliphatic carbocycles. The zero-order valence-corrected chi connectivity index (χ0v) is 19.7. The zero-order valence-electron chi connectivity index (χ0n) is 19.7. The molecule has 0 bridgehead atoms. The third-order valence-corrected chi connectivity index (χ3v) is 6.84. The summed E-state index contributed by atoms with van der Waals surface area (Å²) in [5, 5.41) is 13.1. The van der Waals surface area contributed by atoms with Crippen molar-refractivity contribution < 1.29 is 4.79 Å². The molecule has 1 fully saturated rings. The zero-order chi connectivity index (χ0) is 23.1. The number of nitrogens with zero attached hydrogens (tertiary/aromatic N) is 6. The van der Waals surface area contributed by atoms with E-state index in [1.54, 1.807) is 9.42 Å². The molecule has 1 amide bonds. The van der Waals surface area contributed by atoms with Crippen molar-refractivity contribution in [3.05, 3.63) is 47.7 Å². The maximum Gasteiger partial charge on any atom is 0.236 e. The number of likely N-dealkylation sites (tertiary alicyclic amines) is 1. The Kier molecular flexibility index (Phi) is 5.62. The molecule has 1 aromatic carbocycles. The smallest absolute Gasteiger partial charge is 0.236 e. The molecule has 0 atom stereocenters. The summed E-state index contributed by atoms with van der Waals surface area (Å²) in [6.07, 6.45) is 4.14. The second-order valence-electron chi connectivity index (χ2n) is 9.61. The van der Waals surface area contributed by atoms with E-state index in [-0.39, 0.29) is 5.91 Å². The molecule has 33 heavy (non-hydrogen) atoms. The highest BCUT2D eigenvalue weighted by atomic mass is 16.2. The Morgan fingerprint density at radius 2 is 1.97 bits per heavy atom. The highest BCUT2D eigenvalue weighted by Gasteiger charge is 2.24. The maximum absolute atomic E-state index is 12.1. The predicted octanol–water partition coefficient (Wildman–Crippen LogP) is 3.66. The van der Waals surface area contributed by atoms with E-state index in [2.05, 4.69) is 63.5 Å². The lowest BCUT2D eigenvalue weighted by Crippen LogP contribution is -2.40. The van der Waals surface area contributed by atoms with Crippen molar-refractivity contribution in [2.75, 3.05) is 33.7 Å². The number of tetrazole rings is 1.